The van der Waals surface area contributed by atoms with E-state index in [1.54, 1.807) is 0 Å². The summed E-state index contributed by atoms with van der Waals surface area (Å²) < 4.78 is 4.22. The van der Waals surface area contributed by atoms with Crippen LogP contribution >= 0.6 is 12.6 Å². The monoisotopic (exact) mass is 164 g/mol. The van der Waals surface area contributed by atoms with Crippen LogP contribution in [-0.2, 0) is 14.3 Å². The molecule has 0 unspecified atom stereocenters. The van der Waals surface area contributed by atoms with Gasteiger partial charge in [-0.15, -0.1) is 0 Å². The third-order valence-corrected chi connectivity index (χ3v) is 1.28. The van der Waals surface area contributed by atoms with Gasteiger partial charge in [0, 0.05) is 0 Å². The van der Waals surface area contributed by atoms with Gasteiger partial charge >= 0.3 is 11.9 Å². The number of hydrogen-bond donors (Lipinski definition) is 2. The Balaban J connectivity index is 3.68. The second kappa shape index (κ2) is 4.16. The van der Waals surface area contributed by atoms with Crippen LogP contribution in [0.15, 0.2) is 0 Å². The molecule has 0 amide bonds. The molecule has 1 N–H and O–H groups in total. The van der Waals surface area contributed by atoms with Crippen molar-refractivity contribution >= 4 is 24.6 Å². The van der Waals surface area contributed by atoms with E-state index in [0.717, 1.165) is 0 Å². The van der Waals surface area contributed by atoms with E-state index in [0.29, 0.717) is 0 Å². The van der Waals surface area contributed by atoms with Crippen LogP contribution in [0.2, 0.25) is 0 Å². The molecule has 0 bridgehead atoms. The Kier molecular flexibility index (Phi) is 3.87. The van der Waals surface area contributed by atoms with Crippen molar-refractivity contribution in [3.8, 4) is 0 Å². The predicted molar refractivity (Wildman–Crippen MR) is 37.0 cm³/mol. The number of carbonyl (C=O) groups is 2. The molecule has 0 aromatic rings. The van der Waals surface area contributed by atoms with E-state index in [-0.39, 0.29) is 6.42 Å². The normalized spacial score (nSPS) is 12.2. The van der Waals surface area contributed by atoms with Crippen molar-refractivity contribution in [1.29, 1.82) is 0 Å². The molecule has 0 aliphatic carbocycles. The zero-order valence-corrected chi connectivity index (χ0v) is 6.30. The lowest BCUT2D eigenvalue weighted by molar-refractivity contribution is -0.145. The number of carboxylic acids is 1. The van der Waals surface area contributed by atoms with Gasteiger partial charge in [0.05, 0.1) is 13.5 Å². The number of hydrogen-bond acceptors (Lipinski definition) is 4. The highest BCUT2D eigenvalue weighted by Crippen LogP contribution is 2.01. The smallest absolute Gasteiger partial charge is 0.316 e. The molecular weight excluding hydrogens is 156 g/mol. The molecule has 4 nitrogen and oxygen atoms in total. The van der Waals surface area contributed by atoms with Crippen LogP contribution in [0.1, 0.15) is 6.42 Å². The average Bonchev–Trinajstić information content (AvgIpc) is 1.87. The van der Waals surface area contributed by atoms with Gasteiger partial charge in [-0.25, -0.2) is 0 Å². The maximum atomic E-state index is 10.4. The molecule has 0 aromatic carbocycles. The molecule has 5 heteroatoms. The lowest BCUT2D eigenvalue weighted by Gasteiger charge is -2.01. The second-order valence-electron chi connectivity index (χ2n) is 1.63. The fourth-order valence-corrected chi connectivity index (χ4v) is 0.478. The second-order valence-corrected chi connectivity index (χ2v) is 2.26. The van der Waals surface area contributed by atoms with Gasteiger partial charge in [0.25, 0.3) is 0 Å². The van der Waals surface area contributed by atoms with Gasteiger partial charge in [-0.3, -0.25) is 9.59 Å². The number of carboxylic acid groups (broad SMARTS) is 1. The van der Waals surface area contributed by atoms with Crippen molar-refractivity contribution < 1.29 is 19.4 Å². The summed E-state index contributed by atoms with van der Waals surface area (Å²) in [4.78, 5) is 20.5. The van der Waals surface area contributed by atoms with Crippen molar-refractivity contribution in [3.63, 3.8) is 0 Å². The molecule has 0 saturated heterocycles. The number of ether oxygens (including phenoxy) is 1. The van der Waals surface area contributed by atoms with Gasteiger partial charge in [0.15, 0.2) is 0 Å². The summed E-state index contributed by atoms with van der Waals surface area (Å²) in [6.07, 6.45) is -0.199. The van der Waals surface area contributed by atoms with Crippen LogP contribution < -0.4 is 0 Å². The summed E-state index contributed by atoms with van der Waals surface area (Å²) in [5.41, 5.74) is 0. The van der Waals surface area contributed by atoms with Gasteiger partial charge in [-0.2, -0.15) is 12.6 Å². The standard InChI is InChI=1S/C5H8O4S/c1-9-4(6)2-3(10)5(7)8/h3,10H,2H2,1H3,(H,7,8)/t3-/m0/s1. The van der Waals surface area contributed by atoms with Crippen LogP contribution in [0.5, 0.6) is 0 Å². The molecule has 58 valence electrons. The van der Waals surface area contributed by atoms with Crippen LogP contribution in [0.4, 0.5) is 0 Å². The van der Waals surface area contributed by atoms with Crippen LogP contribution in [0.25, 0.3) is 0 Å². The van der Waals surface area contributed by atoms with Crippen molar-refractivity contribution in [2.24, 2.45) is 0 Å². The lowest BCUT2D eigenvalue weighted by Crippen LogP contribution is -2.18. The number of esters is 1. The Bertz CT molecular complexity index is 145. The molecule has 0 aliphatic rings. The summed E-state index contributed by atoms with van der Waals surface area (Å²) in [5, 5.41) is 7.28. The first kappa shape index (κ1) is 9.29. The van der Waals surface area contributed by atoms with Gasteiger partial charge in [-0.05, 0) is 0 Å². The fraction of sp³-hybridized carbons (Fsp3) is 0.600. The predicted octanol–water partition coefficient (Wildman–Crippen LogP) is -0.0675. The lowest BCUT2D eigenvalue weighted by atomic mass is 10.3. The molecule has 0 fully saturated rings. The Labute approximate surface area is 63.6 Å². The average molecular weight is 164 g/mol. The highest BCUT2D eigenvalue weighted by molar-refractivity contribution is 7.81. The largest absolute Gasteiger partial charge is 0.480 e. The summed E-state index contributed by atoms with van der Waals surface area (Å²) in [5.74, 6) is -1.68. The van der Waals surface area contributed by atoms with E-state index in [1.165, 1.54) is 7.11 Å². The van der Waals surface area contributed by atoms with E-state index in [1.807, 2.05) is 0 Å². The molecule has 0 saturated carbocycles. The maximum absolute atomic E-state index is 10.4. The highest BCUT2D eigenvalue weighted by atomic mass is 32.1. The van der Waals surface area contributed by atoms with Gasteiger partial charge in [0.1, 0.15) is 5.25 Å². The van der Waals surface area contributed by atoms with Crippen LogP contribution in [0, 0.1) is 0 Å². The fourth-order valence-electron chi connectivity index (χ4n) is 0.329. The zero-order valence-electron chi connectivity index (χ0n) is 5.40. The molecule has 10 heavy (non-hydrogen) atoms. The molecule has 0 rings (SSSR count). The first-order chi connectivity index (χ1) is 4.57. The minimum Gasteiger partial charge on any atom is -0.480 e. The Morgan fingerprint density at radius 1 is 1.70 bits per heavy atom. The third-order valence-electron chi connectivity index (χ3n) is 0.873. The van der Waals surface area contributed by atoms with Crippen LogP contribution in [0.3, 0.4) is 0 Å². The van der Waals surface area contributed by atoms with E-state index in [9.17, 15) is 9.59 Å². The van der Waals surface area contributed by atoms with Gasteiger partial charge in [0.2, 0.25) is 0 Å². The van der Waals surface area contributed by atoms with Crippen molar-refractivity contribution in [1.82, 2.24) is 0 Å². The summed E-state index contributed by atoms with van der Waals surface area (Å²) in [7, 11) is 1.20. The highest BCUT2D eigenvalue weighted by Gasteiger charge is 2.16. The molecule has 0 spiro atoms. The van der Waals surface area contributed by atoms with E-state index in [4.69, 9.17) is 5.11 Å². The number of aliphatic carboxylic acids is 1. The van der Waals surface area contributed by atoms with Gasteiger partial charge in [-0.1, -0.05) is 0 Å². The Morgan fingerprint density at radius 2 is 2.20 bits per heavy atom. The van der Waals surface area contributed by atoms with Crippen LogP contribution in [-0.4, -0.2) is 29.4 Å². The first-order valence-electron chi connectivity index (χ1n) is 2.55. The molecule has 0 aliphatic heterocycles. The molecule has 0 aromatic heterocycles. The van der Waals surface area contributed by atoms with E-state index in [2.05, 4.69) is 17.4 Å². The van der Waals surface area contributed by atoms with E-state index < -0.39 is 17.2 Å². The topological polar surface area (TPSA) is 63.6 Å². The van der Waals surface area contributed by atoms with E-state index >= 15 is 0 Å². The minimum atomic E-state index is -1.12. The molecule has 0 radical (unpaired) electrons. The molecule has 1 atom stereocenters. The number of thiol groups is 1. The van der Waals surface area contributed by atoms with Crippen molar-refractivity contribution in [3.05, 3.63) is 0 Å². The zero-order chi connectivity index (χ0) is 8.15. The SMILES string of the molecule is COC(=O)C[C@H](S)C(=O)O. The van der Waals surface area contributed by atoms with Crippen molar-refractivity contribution in [2.75, 3.05) is 7.11 Å². The summed E-state index contributed by atoms with van der Waals surface area (Å²) >= 11 is 3.62. The number of methoxy groups -OCH3 is 1. The number of carbonyl (C=O) groups excluding carboxylic acids is 1. The third kappa shape index (κ3) is 3.34. The quantitative estimate of drug-likeness (QED) is 0.453. The van der Waals surface area contributed by atoms with Gasteiger partial charge < -0.3 is 9.84 Å². The summed E-state index contributed by atoms with van der Waals surface area (Å²) in [6, 6.07) is 0. The molecular formula is C5H8O4S. The maximum Gasteiger partial charge on any atom is 0.316 e. The molecule has 0 heterocycles. The first-order valence-corrected chi connectivity index (χ1v) is 3.07. The Morgan fingerprint density at radius 3 is 2.50 bits per heavy atom. The Hall–Kier alpha value is -0.710. The minimum absolute atomic E-state index is 0.199. The number of rotatable bonds is 3. The van der Waals surface area contributed by atoms with Crippen molar-refractivity contribution in [2.45, 2.75) is 11.7 Å². The summed E-state index contributed by atoms with van der Waals surface area (Å²) in [6.45, 7) is 0.